The third-order valence-electron chi connectivity index (χ3n) is 6.71. The lowest BCUT2D eigenvalue weighted by atomic mass is 9.76. The fourth-order valence-electron chi connectivity index (χ4n) is 4.96. The zero-order chi connectivity index (χ0) is 23.4. The highest BCUT2D eigenvalue weighted by Gasteiger charge is 2.45. The van der Waals surface area contributed by atoms with Crippen molar-refractivity contribution in [3.63, 3.8) is 0 Å². The van der Waals surface area contributed by atoms with Crippen LogP contribution in [0.25, 0.3) is 0 Å². The van der Waals surface area contributed by atoms with Gasteiger partial charge in [0, 0.05) is 24.7 Å². The molecule has 170 valence electrons. The highest BCUT2D eigenvalue weighted by molar-refractivity contribution is 6.23. The highest BCUT2D eigenvalue weighted by atomic mass is 16.4. The largest absolute Gasteiger partial charge is 0.481 e. The van der Waals surface area contributed by atoms with Crippen LogP contribution in [-0.2, 0) is 14.4 Å². The van der Waals surface area contributed by atoms with Crippen LogP contribution in [0.5, 0.6) is 0 Å². The van der Waals surface area contributed by atoms with Gasteiger partial charge in [-0.2, -0.15) is 0 Å². The highest BCUT2D eigenvalue weighted by Crippen LogP contribution is 2.39. The van der Waals surface area contributed by atoms with Crippen LogP contribution in [0.1, 0.15) is 67.2 Å². The zero-order valence-electron chi connectivity index (χ0n) is 18.4. The molecular formula is C23H27N3O6. The molecule has 1 aromatic carbocycles. The number of amides is 4. The van der Waals surface area contributed by atoms with Crippen LogP contribution >= 0.6 is 0 Å². The fraction of sp³-hybridized carbons (Fsp3) is 0.522. The minimum Gasteiger partial charge on any atom is -0.481 e. The Morgan fingerprint density at radius 3 is 2.38 bits per heavy atom. The molecule has 4 amide bonds. The summed E-state index contributed by atoms with van der Waals surface area (Å²) in [5.41, 5.74) is 1.01. The number of carbonyl (C=O) groups excluding carboxylic acids is 4. The Labute approximate surface area is 185 Å². The summed E-state index contributed by atoms with van der Waals surface area (Å²) in [4.78, 5) is 64.4. The van der Waals surface area contributed by atoms with Gasteiger partial charge < -0.3 is 10.0 Å². The number of hydrogen-bond acceptors (Lipinski definition) is 6. The van der Waals surface area contributed by atoms with E-state index in [4.69, 9.17) is 0 Å². The molecule has 0 saturated carbocycles. The third kappa shape index (κ3) is 3.65. The normalized spacial score (nSPS) is 26.3. The van der Waals surface area contributed by atoms with Crippen molar-refractivity contribution in [2.24, 2.45) is 11.3 Å². The number of nitrogens with one attached hydrogen (secondary N) is 1. The summed E-state index contributed by atoms with van der Waals surface area (Å²) in [5.74, 6) is -3.36. The predicted octanol–water partition coefficient (Wildman–Crippen LogP) is 1.80. The molecule has 3 heterocycles. The Kier molecular flexibility index (Phi) is 5.30. The van der Waals surface area contributed by atoms with Gasteiger partial charge in [0.25, 0.3) is 11.8 Å². The number of imide groups is 2. The number of nitrogens with zero attached hydrogens (tertiary/aromatic N) is 2. The van der Waals surface area contributed by atoms with E-state index in [0.29, 0.717) is 19.4 Å². The molecule has 32 heavy (non-hydrogen) atoms. The second kappa shape index (κ2) is 7.72. The number of piperidine rings is 2. The summed E-state index contributed by atoms with van der Waals surface area (Å²) < 4.78 is 0. The molecule has 0 spiro atoms. The van der Waals surface area contributed by atoms with Gasteiger partial charge in [0.1, 0.15) is 6.04 Å². The molecule has 2 fully saturated rings. The van der Waals surface area contributed by atoms with Crippen molar-refractivity contribution in [1.29, 1.82) is 0 Å². The van der Waals surface area contributed by atoms with Gasteiger partial charge in [0.05, 0.1) is 17.0 Å². The van der Waals surface area contributed by atoms with Crippen LogP contribution in [-0.4, -0.2) is 58.2 Å². The van der Waals surface area contributed by atoms with Gasteiger partial charge in [-0.3, -0.25) is 34.2 Å². The molecule has 9 heteroatoms. The second-order valence-corrected chi connectivity index (χ2v) is 9.81. The zero-order valence-corrected chi connectivity index (χ0v) is 18.4. The van der Waals surface area contributed by atoms with Crippen molar-refractivity contribution < 1.29 is 29.1 Å². The quantitative estimate of drug-likeness (QED) is 0.686. The average Bonchev–Trinajstić information content (AvgIpc) is 2.97. The van der Waals surface area contributed by atoms with E-state index in [-0.39, 0.29) is 35.4 Å². The monoisotopic (exact) mass is 441 g/mol. The maximum absolute atomic E-state index is 13.1. The Morgan fingerprint density at radius 2 is 1.75 bits per heavy atom. The summed E-state index contributed by atoms with van der Waals surface area (Å²) in [5, 5.41) is 11.7. The van der Waals surface area contributed by atoms with Gasteiger partial charge in [-0.1, -0.05) is 20.8 Å². The van der Waals surface area contributed by atoms with Gasteiger partial charge in [-0.25, -0.2) is 0 Å². The molecule has 3 aliphatic heterocycles. The summed E-state index contributed by atoms with van der Waals surface area (Å²) in [7, 11) is 0. The molecule has 0 bridgehead atoms. The Bertz CT molecular complexity index is 1030. The topological polar surface area (TPSA) is 124 Å². The smallest absolute Gasteiger partial charge is 0.306 e. The number of rotatable bonds is 3. The molecule has 0 radical (unpaired) electrons. The number of hydrogen-bond donors (Lipinski definition) is 2. The number of carbonyl (C=O) groups is 5. The van der Waals surface area contributed by atoms with Gasteiger partial charge in [0.15, 0.2) is 0 Å². The molecule has 2 N–H and O–H groups in total. The molecule has 0 aliphatic carbocycles. The Hall–Kier alpha value is -3.23. The molecule has 3 unspecified atom stereocenters. The van der Waals surface area contributed by atoms with E-state index in [0.717, 1.165) is 10.6 Å². The molecule has 0 aromatic heterocycles. The molecule has 3 atom stereocenters. The standard InChI is InChI=1S/C23H27N3O6/c1-23(2,3)17-10-12(22(31)32)8-9-25(17)13-4-5-14-15(11-13)21(30)26(20(14)29)16-6-7-18(27)24-19(16)28/h4-5,11-12,16-17H,6-10H2,1-3H3,(H,31,32)(H,24,27,28). The van der Waals surface area contributed by atoms with E-state index in [2.05, 4.69) is 31.0 Å². The van der Waals surface area contributed by atoms with Gasteiger partial charge in [-0.15, -0.1) is 0 Å². The van der Waals surface area contributed by atoms with Gasteiger partial charge in [0.2, 0.25) is 11.8 Å². The molecule has 1 aromatic rings. The summed E-state index contributed by atoms with van der Waals surface area (Å²) >= 11 is 0. The number of carboxylic acids is 1. The SMILES string of the molecule is CC(C)(C)C1CC(C(=O)O)CCN1c1ccc2c(c1)C(=O)N(C1CCC(=O)NC1=O)C2=O. The Balaban J connectivity index is 1.64. The first-order chi connectivity index (χ1) is 15.0. The number of anilines is 1. The third-order valence-corrected chi connectivity index (χ3v) is 6.71. The van der Waals surface area contributed by atoms with Crippen molar-refractivity contribution in [2.45, 2.75) is 58.5 Å². The first-order valence-corrected chi connectivity index (χ1v) is 10.8. The van der Waals surface area contributed by atoms with Crippen LogP contribution in [0.4, 0.5) is 5.69 Å². The van der Waals surface area contributed by atoms with E-state index >= 15 is 0 Å². The summed E-state index contributed by atoms with van der Waals surface area (Å²) in [6.07, 6.45) is 1.16. The molecule has 3 aliphatic rings. The first kappa shape index (κ1) is 22.0. The van der Waals surface area contributed by atoms with E-state index in [9.17, 15) is 29.1 Å². The average molecular weight is 441 g/mol. The summed E-state index contributed by atoms with van der Waals surface area (Å²) in [6.45, 7) is 6.70. The second-order valence-electron chi connectivity index (χ2n) is 9.81. The van der Waals surface area contributed by atoms with Crippen molar-refractivity contribution in [3.05, 3.63) is 29.3 Å². The lowest BCUT2D eigenvalue weighted by molar-refractivity contribution is -0.143. The minimum atomic E-state index is -1.00. The van der Waals surface area contributed by atoms with Crippen LogP contribution in [0.15, 0.2) is 18.2 Å². The maximum atomic E-state index is 13.1. The predicted molar refractivity (Wildman–Crippen MR) is 114 cm³/mol. The molecule has 9 nitrogen and oxygen atoms in total. The van der Waals surface area contributed by atoms with Crippen molar-refractivity contribution in [3.8, 4) is 0 Å². The van der Waals surface area contributed by atoms with Gasteiger partial charge >= 0.3 is 5.97 Å². The van der Waals surface area contributed by atoms with Crippen LogP contribution in [0.2, 0.25) is 0 Å². The lowest BCUT2D eigenvalue weighted by Gasteiger charge is -2.46. The number of benzene rings is 1. The fourth-order valence-corrected chi connectivity index (χ4v) is 4.96. The first-order valence-electron chi connectivity index (χ1n) is 10.8. The van der Waals surface area contributed by atoms with E-state index in [1.807, 2.05) is 0 Å². The number of fused-ring (bicyclic) bond motifs is 1. The van der Waals surface area contributed by atoms with Crippen LogP contribution in [0.3, 0.4) is 0 Å². The van der Waals surface area contributed by atoms with E-state index < -0.39 is 41.6 Å². The maximum Gasteiger partial charge on any atom is 0.306 e. The van der Waals surface area contributed by atoms with Crippen molar-refractivity contribution in [1.82, 2.24) is 10.2 Å². The van der Waals surface area contributed by atoms with E-state index in [1.165, 1.54) is 0 Å². The lowest BCUT2D eigenvalue weighted by Crippen LogP contribution is -2.54. The Morgan fingerprint density at radius 1 is 1.06 bits per heavy atom. The van der Waals surface area contributed by atoms with E-state index in [1.54, 1.807) is 18.2 Å². The van der Waals surface area contributed by atoms with Crippen LogP contribution < -0.4 is 10.2 Å². The number of carboxylic acid groups (broad SMARTS) is 1. The molecular weight excluding hydrogens is 414 g/mol. The molecule has 4 rings (SSSR count). The summed E-state index contributed by atoms with van der Waals surface area (Å²) in [6, 6.07) is 3.98. The van der Waals surface area contributed by atoms with Crippen LogP contribution in [0, 0.1) is 11.3 Å². The number of aliphatic carboxylic acids is 1. The minimum absolute atomic E-state index is 0.0613. The molecule has 2 saturated heterocycles. The van der Waals surface area contributed by atoms with Crippen molar-refractivity contribution in [2.75, 3.05) is 11.4 Å². The van der Waals surface area contributed by atoms with Crippen molar-refractivity contribution >= 4 is 35.3 Å². The van der Waals surface area contributed by atoms with Gasteiger partial charge in [-0.05, 0) is 42.9 Å².